The molecule has 0 bridgehead atoms. The molecule has 0 heterocycles. The van der Waals surface area contributed by atoms with Gasteiger partial charge in [-0.1, -0.05) is 6.07 Å². The predicted molar refractivity (Wildman–Crippen MR) is 79.7 cm³/mol. The molecule has 0 spiro atoms. The van der Waals surface area contributed by atoms with Crippen molar-refractivity contribution < 1.29 is 13.9 Å². The van der Waals surface area contributed by atoms with E-state index in [-0.39, 0.29) is 11.9 Å². The first kappa shape index (κ1) is 16.9. The number of benzene rings is 1. The van der Waals surface area contributed by atoms with Gasteiger partial charge in [0.2, 0.25) is 0 Å². The standard InChI is InChI=1S/C15H25FN2O2/c1-12(11-20-4)18(8-9-19-3)15-7-5-6-14(16)13(15)10-17-2/h5-7,12,17H,8-11H2,1-4H3. The number of nitrogens with zero attached hydrogens (tertiary/aromatic N) is 1. The van der Waals surface area contributed by atoms with Crippen LogP contribution >= 0.6 is 0 Å². The molecule has 1 aromatic carbocycles. The van der Waals surface area contributed by atoms with Crippen molar-refractivity contribution in [1.29, 1.82) is 0 Å². The van der Waals surface area contributed by atoms with Crippen LogP contribution in [0.25, 0.3) is 0 Å². The van der Waals surface area contributed by atoms with Gasteiger partial charge in [-0.25, -0.2) is 4.39 Å². The molecule has 1 N–H and O–H groups in total. The Balaban J connectivity index is 3.08. The van der Waals surface area contributed by atoms with E-state index in [4.69, 9.17) is 9.47 Å². The lowest BCUT2D eigenvalue weighted by Crippen LogP contribution is -2.39. The highest BCUT2D eigenvalue weighted by Gasteiger charge is 2.19. The molecular weight excluding hydrogens is 259 g/mol. The van der Waals surface area contributed by atoms with Crippen LogP contribution in [-0.4, -0.2) is 47.1 Å². The fourth-order valence-corrected chi connectivity index (χ4v) is 2.27. The Kier molecular flexibility index (Phi) is 7.51. The predicted octanol–water partition coefficient (Wildman–Crippen LogP) is 2.03. The number of nitrogens with one attached hydrogen (secondary N) is 1. The second-order valence-corrected chi connectivity index (χ2v) is 4.76. The lowest BCUT2D eigenvalue weighted by atomic mass is 10.1. The van der Waals surface area contributed by atoms with Gasteiger partial charge in [0.15, 0.2) is 0 Å². The minimum Gasteiger partial charge on any atom is -0.383 e. The smallest absolute Gasteiger partial charge is 0.129 e. The van der Waals surface area contributed by atoms with Crippen LogP contribution < -0.4 is 10.2 Å². The molecule has 0 radical (unpaired) electrons. The second-order valence-electron chi connectivity index (χ2n) is 4.76. The molecule has 0 fully saturated rings. The molecule has 0 saturated carbocycles. The average Bonchev–Trinajstić information content (AvgIpc) is 2.43. The lowest BCUT2D eigenvalue weighted by Gasteiger charge is -2.32. The summed E-state index contributed by atoms with van der Waals surface area (Å²) in [6.07, 6.45) is 0. The molecule has 1 unspecified atom stereocenters. The van der Waals surface area contributed by atoms with Gasteiger partial charge < -0.3 is 19.7 Å². The molecule has 4 nitrogen and oxygen atoms in total. The van der Waals surface area contributed by atoms with Crippen LogP contribution in [0, 0.1) is 5.82 Å². The van der Waals surface area contributed by atoms with Crippen LogP contribution in [0.3, 0.4) is 0 Å². The number of rotatable bonds is 9. The highest BCUT2D eigenvalue weighted by atomic mass is 19.1. The lowest BCUT2D eigenvalue weighted by molar-refractivity contribution is 0.171. The van der Waals surface area contributed by atoms with Gasteiger partial charge in [-0.05, 0) is 26.1 Å². The molecule has 0 aliphatic carbocycles. The van der Waals surface area contributed by atoms with Crippen LogP contribution in [0.5, 0.6) is 0 Å². The number of halogens is 1. The molecule has 1 rings (SSSR count). The minimum absolute atomic E-state index is 0.146. The Labute approximate surface area is 120 Å². The van der Waals surface area contributed by atoms with Crippen molar-refractivity contribution in [2.75, 3.05) is 45.9 Å². The van der Waals surface area contributed by atoms with Crippen molar-refractivity contribution in [2.45, 2.75) is 19.5 Å². The quantitative estimate of drug-likeness (QED) is 0.752. The van der Waals surface area contributed by atoms with Gasteiger partial charge in [0.25, 0.3) is 0 Å². The van der Waals surface area contributed by atoms with Gasteiger partial charge in [0.05, 0.1) is 13.2 Å². The summed E-state index contributed by atoms with van der Waals surface area (Å²) in [5.41, 5.74) is 1.56. The molecule has 1 aromatic rings. The first-order valence-corrected chi connectivity index (χ1v) is 6.82. The number of anilines is 1. The minimum atomic E-state index is -0.191. The van der Waals surface area contributed by atoms with E-state index in [0.29, 0.717) is 31.9 Å². The molecule has 0 amide bonds. The zero-order valence-corrected chi connectivity index (χ0v) is 12.8. The number of ether oxygens (including phenoxy) is 2. The molecule has 0 aliphatic heterocycles. The summed E-state index contributed by atoms with van der Waals surface area (Å²) in [4.78, 5) is 2.13. The van der Waals surface area contributed by atoms with Crippen LogP contribution in [0.15, 0.2) is 18.2 Å². The van der Waals surface area contributed by atoms with Crippen LogP contribution in [0.4, 0.5) is 10.1 Å². The van der Waals surface area contributed by atoms with E-state index >= 15 is 0 Å². The van der Waals surface area contributed by atoms with Crippen molar-refractivity contribution in [2.24, 2.45) is 0 Å². The third kappa shape index (κ3) is 4.44. The summed E-state index contributed by atoms with van der Waals surface area (Å²) in [5, 5.41) is 3.02. The molecule has 0 aliphatic rings. The van der Waals surface area contributed by atoms with Crippen molar-refractivity contribution >= 4 is 5.69 Å². The Hall–Kier alpha value is -1.17. The topological polar surface area (TPSA) is 33.7 Å². The SMILES string of the molecule is CNCc1c(F)cccc1N(CCOC)C(C)COC. The summed E-state index contributed by atoms with van der Waals surface area (Å²) in [5.74, 6) is -0.191. The fraction of sp³-hybridized carbons (Fsp3) is 0.600. The van der Waals surface area contributed by atoms with Gasteiger partial charge in [-0.2, -0.15) is 0 Å². The van der Waals surface area contributed by atoms with Crippen molar-refractivity contribution in [3.63, 3.8) is 0 Å². The van der Waals surface area contributed by atoms with E-state index in [1.54, 1.807) is 20.3 Å². The van der Waals surface area contributed by atoms with Crippen LogP contribution in [0.2, 0.25) is 0 Å². The molecule has 20 heavy (non-hydrogen) atoms. The highest BCUT2D eigenvalue weighted by molar-refractivity contribution is 5.55. The van der Waals surface area contributed by atoms with Gasteiger partial charge in [-0.15, -0.1) is 0 Å². The summed E-state index contributed by atoms with van der Waals surface area (Å²) < 4.78 is 24.4. The van der Waals surface area contributed by atoms with E-state index in [2.05, 4.69) is 17.1 Å². The highest BCUT2D eigenvalue weighted by Crippen LogP contribution is 2.25. The molecule has 0 aromatic heterocycles. The molecule has 114 valence electrons. The van der Waals surface area contributed by atoms with E-state index in [0.717, 1.165) is 5.69 Å². The van der Waals surface area contributed by atoms with Crippen LogP contribution in [-0.2, 0) is 16.0 Å². The summed E-state index contributed by atoms with van der Waals surface area (Å²) in [6, 6.07) is 5.32. The van der Waals surface area contributed by atoms with Gasteiger partial charge in [-0.3, -0.25) is 0 Å². The third-order valence-electron chi connectivity index (χ3n) is 3.23. The number of hydrogen-bond donors (Lipinski definition) is 1. The van der Waals surface area contributed by atoms with Crippen molar-refractivity contribution in [3.05, 3.63) is 29.6 Å². The first-order valence-electron chi connectivity index (χ1n) is 6.82. The van der Waals surface area contributed by atoms with Gasteiger partial charge in [0.1, 0.15) is 5.82 Å². The van der Waals surface area contributed by atoms with Gasteiger partial charge >= 0.3 is 0 Å². The molecular formula is C15H25FN2O2. The molecule has 0 saturated heterocycles. The summed E-state index contributed by atoms with van der Waals surface area (Å²) >= 11 is 0. The summed E-state index contributed by atoms with van der Waals surface area (Å²) in [7, 11) is 5.15. The van der Waals surface area contributed by atoms with E-state index < -0.39 is 0 Å². The maximum atomic E-state index is 14.0. The fourth-order valence-electron chi connectivity index (χ4n) is 2.27. The van der Waals surface area contributed by atoms with E-state index in [1.165, 1.54) is 6.07 Å². The molecule has 5 heteroatoms. The monoisotopic (exact) mass is 284 g/mol. The van der Waals surface area contributed by atoms with E-state index in [9.17, 15) is 4.39 Å². The normalized spacial score (nSPS) is 12.4. The maximum absolute atomic E-state index is 14.0. The largest absolute Gasteiger partial charge is 0.383 e. The average molecular weight is 284 g/mol. The number of hydrogen-bond acceptors (Lipinski definition) is 4. The Morgan fingerprint density at radius 1 is 1.30 bits per heavy atom. The Morgan fingerprint density at radius 2 is 2.05 bits per heavy atom. The van der Waals surface area contributed by atoms with E-state index in [1.807, 2.05) is 13.1 Å². The van der Waals surface area contributed by atoms with Crippen molar-refractivity contribution in [1.82, 2.24) is 5.32 Å². The first-order chi connectivity index (χ1) is 9.65. The third-order valence-corrected chi connectivity index (χ3v) is 3.23. The van der Waals surface area contributed by atoms with Crippen LogP contribution in [0.1, 0.15) is 12.5 Å². The van der Waals surface area contributed by atoms with Crippen molar-refractivity contribution in [3.8, 4) is 0 Å². The second kappa shape index (κ2) is 8.89. The number of methoxy groups -OCH3 is 2. The maximum Gasteiger partial charge on any atom is 0.129 e. The van der Waals surface area contributed by atoms with Gasteiger partial charge in [0, 0.05) is 44.6 Å². The zero-order valence-electron chi connectivity index (χ0n) is 12.8. The Morgan fingerprint density at radius 3 is 2.65 bits per heavy atom. The molecule has 1 atom stereocenters. The zero-order chi connectivity index (χ0) is 15.0. The Bertz CT molecular complexity index is 401. The summed E-state index contributed by atoms with van der Waals surface area (Å²) in [6.45, 7) is 4.42.